The van der Waals surface area contributed by atoms with Crippen molar-refractivity contribution in [2.75, 3.05) is 14.2 Å². The van der Waals surface area contributed by atoms with Gasteiger partial charge in [0.25, 0.3) is 0 Å². The van der Waals surface area contributed by atoms with Gasteiger partial charge < -0.3 is 19.5 Å². The van der Waals surface area contributed by atoms with Crippen LogP contribution in [0.1, 0.15) is 42.6 Å². The molecule has 1 aliphatic rings. The van der Waals surface area contributed by atoms with Gasteiger partial charge in [0.15, 0.2) is 11.5 Å². The molecule has 1 N–H and O–H groups in total. The van der Waals surface area contributed by atoms with Gasteiger partial charge in [-0.25, -0.2) is 9.97 Å². The lowest BCUT2D eigenvalue weighted by atomic mass is 9.93. The molecule has 2 aromatic rings. The van der Waals surface area contributed by atoms with E-state index in [0.29, 0.717) is 23.9 Å². The van der Waals surface area contributed by atoms with Gasteiger partial charge >= 0.3 is 6.01 Å². The van der Waals surface area contributed by atoms with Gasteiger partial charge in [0.1, 0.15) is 6.10 Å². The van der Waals surface area contributed by atoms with Crippen molar-refractivity contribution >= 4 is 5.91 Å². The quantitative estimate of drug-likeness (QED) is 0.770. The van der Waals surface area contributed by atoms with Crippen LogP contribution in [0.25, 0.3) is 0 Å². The number of benzene rings is 1. The molecule has 1 aliphatic carbocycles. The van der Waals surface area contributed by atoms with Crippen LogP contribution in [0.2, 0.25) is 0 Å². The summed E-state index contributed by atoms with van der Waals surface area (Å²) in [6.07, 6.45) is 3.91. The van der Waals surface area contributed by atoms with E-state index in [1.165, 1.54) is 0 Å². The summed E-state index contributed by atoms with van der Waals surface area (Å²) >= 11 is 0. The van der Waals surface area contributed by atoms with Crippen molar-refractivity contribution < 1.29 is 19.0 Å². The molecule has 156 valence electrons. The highest BCUT2D eigenvalue weighted by Gasteiger charge is 2.24. The molecule has 1 fully saturated rings. The lowest BCUT2D eigenvalue weighted by Gasteiger charge is -2.29. The molecule has 0 radical (unpaired) electrons. The van der Waals surface area contributed by atoms with Gasteiger partial charge in [-0.3, -0.25) is 4.79 Å². The second-order valence-electron chi connectivity index (χ2n) is 7.46. The Hall–Kier alpha value is -2.83. The minimum absolute atomic E-state index is 0.0132. The van der Waals surface area contributed by atoms with E-state index in [1.807, 2.05) is 38.1 Å². The number of nitrogens with one attached hydrogen (secondary N) is 1. The number of hydrogen-bond donors (Lipinski definition) is 1. The Kier molecular flexibility index (Phi) is 6.90. The van der Waals surface area contributed by atoms with Crippen molar-refractivity contribution in [2.45, 2.75) is 58.1 Å². The predicted molar refractivity (Wildman–Crippen MR) is 110 cm³/mol. The van der Waals surface area contributed by atoms with Crippen molar-refractivity contribution in [2.24, 2.45) is 0 Å². The fourth-order valence-corrected chi connectivity index (χ4v) is 3.68. The Morgan fingerprint density at radius 3 is 2.28 bits per heavy atom. The normalized spacial score (nSPS) is 18.8. The number of aromatic nitrogens is 2. The summed E-state index contributed by atoms with van der Waals surface area (Å²) in [7, 11) is 3.18. The third-order valence-electron chi connectivity index (χ3n) is 5.09. The predicted octanol–water partition coefficient (Wildman–Crippen LogP) is 3.16. The van der Waals surface area contributed by atoms with Crippen LogP contribution >= 0.6 is 0 Å². The molecule has 0 unspecified atom stereocenters. The average molecular weight is 399 g/mol. The SMILES string of the molecule is COc1ccc(CC(=O)NC2CCC(Oc3nc(C)cc(C)n3)CC2)cc1OC. The number of carbonyl (C=O) groups is 1. The Balaban J connectivity index is 1.47. The minimum atomic E-state index is 0.0132. The van der Waals surface area contributed by atoms with E-state index in [1.54, 1.807) is 14.2 Å². The fourth-order valence-electron chi connectivity index (χ4n) is 3.68. The van der Waals surface area contributed by atoms with E-state index in [9.17, 15) is 4.79 Å². The Morgan fingerprint density at radius 2 is 1.66 bits per heavy atom. The third kappa shape index (κ3) is 5.82. The van der Waals surface area contributed by atoms with Crippen molar-refractivity contribution in [3.63, 3.8) is 0 Å². The van der Waals surface area contributed by atoms with Crippen LogP contribution in [0.5, 0.6) is 17.5 Å². The first-order chi connectivity index (χ1) is 14.0. The Labute approximate surface area is 171 Å². The lowest BCUT2D eigenvalue weighted by Crippen LogP contribution is -2.40. The second kappa shape index (κ2) is 9.58. The van der Waals surface area contributed by atoms with Crippen molar-refractivity contribution in [1.82, 2.24) is 15.3 Å². The van der Waals surface area contributed by atoms with Gasteiger partial charge in [0, 0.05) is 17.4 Å². The average Bonchev–Trinajstić information content (AvgIpc) is 2.68. The second-order valence-corrected chi connectivity index (χ2v) is 7.46. The van der Waals surface area contributed by atoms with Crippen LogP contribution in [0.4, 0.5) is 0 Å². The van der Waals surface area contributed by atoms with Gasteiger partial charge in [-0.2, -0.15) is 0 Å². The number of aryl methyl sites for hydroxylation is 2. The lowest BCUT2D eigenvalue weighted by molar-refractivity contribution is -0.121. The summed E-state index contributed by atoms with van der Waals surface area (Å²) in [6, 6.07) is 8.09. The molecule has 0 aliphatic heterocycles. The molecule has 1 saturated carbocycles. The molecule has 3 rings (SSSR count). The van der Waals surface area contributed by atoms with E-state index in [-0.39, 0.29) is 18.1 Å². The van der Waals surface area contributed by atoms with Crippen LogP contribution in [0.3, 0.4) is 0 Å². The molecular weight excluding hydrogens is 370 g/mol. The van der Waals surface area contributed by atoms with Gasteiger partial charge in [0.2, 0.25) is 5.91 Å². The number of rotatable bonds is 7. The summed E-state index contributed by atoms with van der Waals surface area (Å²) in [4.78, 5) is 21.1. The van der Waals surface area contributed by atoms with Crippen molar-refractivity contribution in [3.8, 4) is 17.5 Å². The number of ether oxygens (including phenoxy) is 3. The summed E-state index contributed by atoms with van der Waals surface area (Å²) in [5.41, 5.74) is 2.70. The molecule has 1 heterocycles. The standard InChI is InChI=1S/C22H29N3O4/c1-14-11-15(2)24-22(23-14)29-18-8-6-17(7-9-18)25-21(26)13-16-5-10-19(27-3)20(12-16)28-4/h5,10-12,17-18H,6-9,13H2,1-4H3,(H,25,26). The van der Waals surface area contributed by atoms with Crippen LogP contribution < -0.4 is 19.5 Å². The Morgan fingerprint density at radius 1 is 1.00 bits per heavy atom. The zero-order valence-electron chi connectivity index (χ0n) is 17.5. The highest BCUT2D eigenvalue weighted by atomic mass is 16.5. The van der Waals surface area contributed by atoms with E-state index in [4.69, 9.17) is 14.2 Å². The maximum Gasteiger partial charge on any atom is 0.317 e. The summed E-state index contributed by atoms with van der Waals surface area (Å²) in [5.74, 6) is 1.30. The Bertz CT molecular complexity index is 828. The van der Waals surface area contributed by atoms with E-state index in [2.05, 4.69) is 15.3 Å². The van der Waals surface area contributed by atoms with Gasteiger partial charge in [-0.05, 0) is 63.3 Å². The minimum Gasteiger partial charge on any atom is -0.493 e. The molecule has 0 atom stereocenters. The van der Waals surface area contributed by atoms with Gasteiger partial charge in [-0.1, -0.05) is 6.07 Å². The highest BCUT2D eigenvalue weighted by Crippen LogP contribution is 2.28. The van der Waals surface area contributed by atoms with E-state index < -0.39 is 0 Å². The molecular formula is C22H29N3O4. The molecule has 29 heavy (non-hydrogen) atoms. The number of amides is 1. The topological polar surface area (TPSA) is 82.6 Å². The molecule has 0 spiro atoms. The molecule has 1 aromatic carbocycles. The van der Waals surface area contributed by atoms with Crippen LogP contribution in [-0.4, -0.2) is 42.2 Å². The van der Waals surface area contributed by atoms with E-state index in [0.717, 1.165) is 42.6 Å². The smallest absolute Gasteiger partial charge is 0.317 e. The first-order valence-electron chi connectivity index (χ1n) is 9.96. The summed E-state index contributed by atoms with van der Waals surface area (Å²) in [5, 5.41) is 3.14. The molecule has 0 saturated heterocycles. The zero-order valence-corrected chi connectivity index (χ0v) is 17.5. The first kappa shape index (κ1) is 20.9. The fraction of sp³-hybridized carbons (Fsp3) is 0.500. The van der Waals surface area contributed by atoms with Gasteiger partial charge in [0.05, 0.1) is 20.6 Å². The maximum absolute atomic E-state index is 12.4. The first-order valence-corrected chi connectivity index (χ1v) is 9.96. The summed E-state index contributed by atoms with van der Waals surface area (Å²) in [6.45, 7) is 3.87. The molecule has 0 bridgehead atoms. The maximum atomic E-state index is 12.4. The zero-order chi connectivity index (χ0) is 20.8. The largest absolute Gasteiger partial charge is 0.493 e. The molecule has 1 amide bonds. The highest BCUT2D eigenvalue weighted by molar-refractivity contribution is 5.79. The molecule has 7 nitrogen and oxygen atoms in total. The molecule has 7 heteroatoms. The number of carbonyl (C=O) groups excluding carboxylic acids is 1. The monoisotopic (exact) mass is 399 g/mol. The number of nitrogens with zero attached hydrogens (tertiary/aromatic N) is 2. The number of hydrogen-bond acceptors (Lipinski definition) is 6. The third-order valence-corrected chi connectivity index (χ3v) is 5.09. The van der Waals surface area contributed by atoms with Crippen molar-refractivity contribution in [1.29, 1.82) is 0 Å². The van der Waals surface area contributed by atoms with Crippen LogP contribution in [-0.2, 0) is 11.2 Å². The number of methoxy groups -OCH3 is 2. The summed E-state index contributed by atoms with van der Waals surface area (Å²) < 4.78 is 16.5. The van der Waals surface area contributed by atoms with Gasteiger partial charge in [-0.15, -0.1) is 0 Å². The van der Waals surface area contributed by atoms with Crippen LogP contribution in [0, 0.1) is 13.8 Å². The molecule has 1 aromatic heterocycles. The van der Waals surface area contributed by atoms with Crippen molar-refractivity contribution in [3.05, 3.63) is 41.2 Å². The van der Waals surface area contributed by atoms with E-state index >= 15 is 0 Å². The van der Waals surface area contributed by atoms with Crippen LogP contribution in [0.15, 0.2) is 24.3 Å².